The lowest BCUT2D eigenvalue weighted by Gasteiger charge is -2.10. The molecule has 21 heavy (non-hydrogen) atoms. The van der Waals surface area contributed by atoms with Crippen molar-refractivity contribution in [1.82, 2.24) is 0 Å². The Morgan fingerprint density at radius 1 is 1.00 bits per heavy atom. The van der Waals surface area contributed by atoms with Gasteiger partial charge in [-0.25, -0.2) is 4.39 Å². The number of benzene rings is 2. The van der Waals surface area contributed by atoms with Crippen LogP contribution in [0.3, 0.4) is 0 Å². The van der Waals surface area contributed by atoms with E-state index in [9.17, 15) is 4.39 Å². The summed E-state index contributed by atoms with van der Waals surface area (Å²) in [6, 6.07) is 14.4. The molecule has 0 aliphatic carbocycles. The summed E-state index contributed by atoms with van der Waals surface area (Å²) >= 11 is 0. The molecule has 0 spiro atoms. The van der Waals surface area contributed by atoms with Crippen LogP contribution in [0.5, 0.6) is 5.75 Å². The van der Waals surface area contributed by atoms with Crippen LogP contribution in [0.15, 0.2) is 48.5 Å². The number of anilines is 1. The molecular formula is C18H22FNO. The highest BCUT2D eigenvalue weighted by Crippen LogP contribution is 2.15. The molecule has 0 bridgehead atoms. The van der Waals surface area contributed by atoms with Crippen molar-refractivity contribution in [2.75, 3.05) is 11.9 Å². The van der Waals surface area contributed by atoms with E-state index in [-0.39, 0.29) is 5.82 Å². The van der Waals surface area contributed by atoms with Gasteiger partial charge in [-0.2, -0.15) is 0 Å². The lowest BCUT2D eigenvalue weighted by molar-refractivity contribution is 0.289. The molecule has 0 aromatic heterocycles. The van der Waals surface area contributed by atoms with Crippen LogP contribution >= 0.6 is 0 Å². The summed E-state index contributed by atoms with van der Waals surface area (Å²) in [5.41, 5.74) is 2.07. The second-order valence-corrected chi connectivity index (χ2v) is 5.54. The fourth-order valence-corrected chi connectivity index (χ4v) is 1.89. The molecule has 1 N–H and O–H groups in total. The fourth-order valence-electron chi connectivity index (χ4n) is 1.89. The van der Waals surface area contributed by atoms with Crippen LogP contribution in [-0.4, -0.2) is 6.61 Å². The predicted molar refractivity (Wildman–Crippen MR) is 85.1 cm³/mol. The molecule has 0 aliphatic rings. The molecule has 3 heteroatoms. The smallest absolute Gasteiger partial charge is 0.123 e. The highest BCUT2D eigenvalue weighted by atomic mass is 19.1. The summed E-state index contributed by atoms with van der Waals surface area (Å²) in [5, 5.41) is 3.26. The highest BCUT2D eigenvalue weighted by molar-refractivity contribution is 5.43. The molecule has 2 nitrogen and oxygen atoms in total. The van der Waals surface area contributed by atoms with E-state index in [1.165, 1.54) is 12.1 Å². The van der Waals surface area contributed by atoms with Gasteiger partial charge in [-0.15, -0.1) is 0 Å². The number of hydrogen-bond acceptors (Lipinski definition) is 2. The van der Waals surface area contributed by atoms with Crippen molar-refractivity contribution in [2.45, 2.75) is 26.8 Å². The highest BCUT2D eigenvalue weighted by Gasteiger charge is 1.98. The van der Waals surface area contributed by atoms with Crippen LogP contribution in [0.2, 0.25) is 0 Å². The molecule has 0 saturated carbocycles. The molecule has 0 aliphatic heterocycles. The Morgan fingerprint density at radius 2 is 1.67 bits per heavy atom. The summed E-state index contributed by atoms with van der Waals surface area (Å²) in [4.78, 5) is 0. The normalized spacial score (nSPS) is 10.7. The Bertz CT molecular complexity index is 534. The van der Waals surface area contributed by atoms with Crippen molar-refractivity contribution in [3.63, 3.8) is 0 Å². The lowest BCUT2D eigenvalue weighted by atomic mass is 10.1. The average molecular weight is 287 g/mol. The summed E-state index contributed by atoms with van der Waals surface area (Å²) in [6.07, 6.45) is 1.06. The molecular weight excluding hydrogens is 265 g/mol. The Hall–Kier alpha value is -2.03. The van der Waals surface area contributed by atoms with Gasteiger partial charge in [-0.1, -0.05) is 26.0 Å². The molecule has 0 amide bonds. The average Bonchev–Trinajstić information content (AvgIpc) is 2.48. The minimum absolute atomic E-state index is 0.219. The number of nitrogens with one attached hydrogen (secondary N) is 1. The zero-order valence-corrected chi connectivity index (χ0v) is 12.6. The van der Waals surface area contributed by atoms with Gasteiger partial charge in [0.25, 0.3) is 0 Å². The SMILES string of the molecule is CC(C)CCOc1ccc(CNc2ccc(F)cc2)cc1. The molecule has 2 aromatic carbocycles. The van der Waals surface area contributed by atoms with Crippen molar-refractivity contribution in [2.24, 2.45) is 5.92 Å². The van der Waals surface area contributed by atoms with Crippen LogP contribution in [0.1, 0.15) is 25.8 Å². The standard InChI is InChI=1S/C18H22FNO/c1-14(2)11-12-21-18-9-3-15(4-10-18)13-20-17-7-5-16(19)6-8-17/h3-10,14,20H,11-13H2,1-2H3. The van der Waals surface area contributed by atoms with Gasteiger partial charge in [0.1, 0.15) is 11.6 Å². The minimum Gasteiger partial charge on any atom is -0.494 e. The number of halogens is 1. The zero-order chi connectivity index (χ0) is 15.1. The van der Waals surface area contributed by atoms with E-state index in [2.05, 4.69) is 19.2 Å². The third-order valence-electron chi connectivity index (χ3n) is 3.23. The van der Waals surface area contributed by atoms with E-state index >= 15 is 0 Å². The maximum Gasteiger partial charge on any atom is 0.123 e. The summed E-state index contributed by atoms with van der Waals surface area (Å²) in [7, 11) is 0. The summed E-state index contributed by atoms with van der Waals surface area (Å²) in [5.74, 6) is 1.34. The second-order valence-electron chi connectivity index (χ2n) is 5.54. The molecule has 2 aromatic rings. The monoisotopic (exact) mass is 287 g/mol. The van der Waals surface area contributed by atoms with Gasteiger partial charge in [0.05, 0.1) is 6.61 Å². The van der Waals surface area contributed by atoms with E-state index in [0.29, 0.717) is 12.5 Å². The van der Waals surface area contributed by atoms with E-state index in [0.717, 1.165) is 30.0 Å². The summed E-state index contributed by atoms with van der Waals surface area (Å²) in [6.45, 7) is 5.84. The minimum atomic E-state index is -0.219. The van der Waals surface area contributed by atoms with Crippen LogP contribution in [0.4, 0.5) is 10.1 Å². The molecule has 0 radical (unpaired) electrons. The van der Waals surface area contributed by atoms with Gasteiger partial charge in [-0.05, 0) is 54.3 Å². The Labute approximate surface area is 126 Å². The van der Waals surface area contributed by atoms with Gasteiger partial charge in [-0.3, -0.25) is 0 Å². The Balaban J connectivity index is 1.80. The largest absolute Gasteiger partial charge is 0.494 e. The van der Waals surface area contributed by atoms with E-state index in [1.54, 1.807) is 12.1 Å². The van der Waals surface area contributed by atoms with Crippen LogP contribution in [0, 0.1) is 11.7 Å². The summed E-state index contributed by atoms with van der Waals surface area (Å²) < 4.78 is 18.5. The molecule has 0 unspecified atom stereocenters. The van der Waals surface area contributed by atoms with Crippen molar-refractivity contribution in [1.29, 1.82) is 0 Å². The van der Waals surface area contributed by atoms with Crippen molar-refractivity contribution in [3.05, 3.63) is 59.9 Å². The van der Waals surface area contributed by atoms with Crippen LogP contribution < -0.4 is 10.1 Å². The quantitative estimate of drug-likeness (QED) is 0.785. The number of rotatable bonds is 7. The van der Waals surface area contributed by atoms with E-state index in [4.69, 9.17) is 4.74 Å². The van der Waals surface area contributed by atoms with Gasteiger partial charge in [0.15, 0.2) is 0 Å². The van der Waals surface area contributed by atoms with Gasteiger partial charge < -0.3 is 10.1 Å². The number of hydrogen-bond donors (Lipinski definition) is 1. The first-order valence-corrected chi connectivity index (χ1v) is 7.34. The lowest BCUT2D eigenvalue weighted by Crippen LogP contribution is -2.02. The maximum atomic E-state index is 12.8. The molecule has 2 rings (SSSR count). The fraction of sp³-hybridized carbons (Fsp3) is 0.333. The third kappa shape index (κ3) is 5.46. The molecule has 112 valence electrons. The van der Waals surface area contributed by atoms with E-state index < -0.39 is 0 Å². The topological polar surface area (TPSA) is 21.3 Å². The molecule has 0 fully saturated rings. The maximum absolute atomic E-state index is 12.8. The first-order chi connectivity index (χ1) is 10.1. The zero-order valence-electron chi connectivity index (χ0n) is 12.6. The van der Waals surface area contributed by atoms with Gasteiger partial charge in [0.2, 0.25) is 0 Å². The second kappa shape index (κ2) is 7.67. The van der Waals surface area contributed by atoms with Crippen molar-refractivity contribution >= 4 is 5.69 Å². The Kier molecular flexibility index (Phi) is 5.61. The van der Waals surface area contributed by atoms with E-state index in [1.807, 2.05) is 24.3 Å². The Morgan fingerprint density at radius 3 is 2.29 bits per heavy atom. The first kappa shape index (κ1) is 15.4. The van der Waals surface area contributed by atoms with Crippen molar-refractivity contribution in [3.8, 4) is 5.75 Å². The van der Waals surface area contributed by atoms with Crippen molar-refractivity contribution < 1.29 is 9.13 Å². The van der Waals surface area contributed by atoms with Gasteiger partial charge >= 0.3 is 0 Å². The number of ether oxygens (including phenoxy) is 1. The first-order valence-electron chi connectivity index (χ1n) is 7.34. The predicted octanol–water partition coefficient (Wildman–Crippen LogP) is 4.86. The molecule has 0 atom stereocenters. The molecule has 0 heterocycles. The van der Waals surface area contributed by atoms with Crippen LogP contribution in [-0.2, 0) is 6.54 Å². The third-order valence-corrected chi connectivity index (χ3v) is 3.23. The van der Waals surface area contributed by atoms with Crippen LogP contribution in [0.25, 0.3) is 0 Å². The van der Waals surface area contributed by atoms with Gasteiger partial charge in [0, 0.05) is 12.2 Å². The molecule has 0 saturated heterocycles.